The molecule has 17 nitrogen and oxygen atoms in total. The maximum atomic E-state index is 13.0. The van der Waals surface area contributed by atoms with Crippen LogP contribution in [0.15, 0.2) is 0 Å². The van der Waals surface area contributed by atoms with Crippen LogP contribution >= 0.6 is 15.6 Å². The average molecular weight is 1330 g/mol. The third kappa shape index (κ3) is 64.8. The predicted octanol–water partition coefficient (Wildman–Crippen LogP) is 20.4. The zero-order chi connectivity index (χ0) is 66.5. The molecule has 534 valence electrons. The van der Waals surface area contributed by atoms with E-state index in [0.29, 0.717) is 25.7 Å². The van der Waals surface area contributed by atoms with Crippen LogP contribution in [0.5, 0.6) is 0 Å². The van der Waals surface area contributed by atoms with Crippen LogP contribution in [0.25, 0.3) is 0 Å². The number of aliphatic hydroxyl groups is 1. The smallest absolute Gasteiger partial charge is 0.462 e. The Labute approximate surface area is 549 Å². The number of rotatable bonds is 70. The van der Waals surface area contributed by atoms with Crippen LogP contribution in [0.3, 0.4) is 0 Å². The van der Waals surface area contributed by atoms with E-state index in [4.69, 9.17) is 37.0 Å². The summed E-state index contributed by atoms with van der Waals surface area (Å²) in [6, 6.07) is 0. The van der Waals surface area contributed by atoms with Crippen molar-refractivity contribution in [1.82, 2.24) is 0 Å². The van der Waals surface area contributed by atoms with Crippen LogP contribution in [0, 0.1) is 11.8 Å². The molecule has 0 fully saturated rings. The molecule has 0 aromatic rings. The van der Waals surface area contributed by atoms with Gasteiger partial charge in [-0.25, -0.2) is 9.13 Å². The van der Waals surface area contributed by atoms with Crippen molar-refractivity contribution in [3.8, 4) is 0 Å². The standard InChI is InChI=1S/C71H138O17P2/c1-7-9-11-13-15-17-19-21-25-28-35-41-47-53-68(73)81-59-66(87-71(76)56-50-44-38-30-26-22-23-27-33-39-45-51-63(3)4)61-85-89(77,78)83-57-65(72)58-84-90(79,80)86-62-67(60-82-69(74)54-48-42-36-32-31-34-40-46-52-64(5)6)88-70(75)55-49-43-37-29-24-20-18-16-14-12-10-8-2/h63-67,72H,7-62H2,1-6H3,(H,77,78)(H,79,80)/t65-,66-,67-/m1/s1. The molecule has 0 radical (unpaired) electrons. The first kappa shape index (κ1) is 88.1. The van der Waals surface area contributed by atoms with E-state index in [-0.39, 0.29) is 25.7 Å². The first-order valence-corrected chi connectivity index (χ1v) is 40.0. The van der Waals surface area contributed by atoms with Gasteiger partial charge in [0, 0.05) is 25.7 Å². The van der Waals surface area contributed by atoms with Gasteiger partial charge >= 0.3 is 39.5 Å². The summed E-state index contributed by atoms with van der Waals surface area (Å²) in [6.07, 6.45) is 48.4. The Morgan fingerprint density at radius 1 is 0.300 bits per heavy atom. The number of phosphoric ester groups is 2. The number of hydrogen-bond donors (Lipinski definition) is 3. The largest absolute Gasteiger partial charge is 0.472 e. The minimum Gasteiger partial charge on any atom is -0.462 e. The lowest BCUT2D eigenvalue weighted by molar-refractivity contribution is -0.161. The van der Waals surface area contributed by atoms with Gasteiger partial charge in [-0.2, -0.15) is 0 Å². The van der Waals surface area contributed by atoms with Gasteiger partial charge in [0.15, 0.2) is 12.2 Å². The Bertz CT molecular complexity index is 1750. The van der Waals surface area contributed by atoms with E-state index >= 15 is 0 Å². The third-order valence-electron chi connectivity index (χ3n) is 16.5. The summed E-state index contributed by atoms with van der Waals surface area (Å²) in [5.74, 6) is -0.629. The molecule has 0 bridgehead atoms. The van der Waals surface area contributed by atoms with Crippen molar-refractivity contribution in [3.63, 3.8) is 0 Å². The van der Waals surface area contributed by atoms with Crippen molar-refractivity contribution in [2.75, 3.05) is 39.6 Å². The molecule has 19 heteroatoms. The fourth-order valence-electron chi connectivity index (χ4n) is 10.8. The minimum atomic E-state index is -4.95. The predicted molar refractivity (Wildman–Crippen MR) is 363 cm³/mol. The van der Waals surface area contributed by atoms with E-state index in [1.165, 1.54) is 180 Å². The fourth-order valence-corrected chi connectivity index (χ4v) is 12.3. The Hall–Kier alpha value is -1.94. The maximum absolute atomic E-state index is 13.0. The van der Waals surface area contributed by atoms with Gasteiger partial charge in [-0.3, -0.25) is 37.3 Å². The highest BCUT2D eigenvalue weighted by molar-refractivity contribution is 7.47. The number of phosphoric acid groups is 2. The lowest BCUT2D eigenvalue weighted by Gasteiger charge is -2.21. The molecule has 90 heavy (non-hydrogen) atoms. The van der Waals surface area contributed by atoms with Crippen LogP contribution < -0.4 is 0 Å². The molecule has 0 amide bonds. The van der Waals surface area contributed by atoms with Gasteiger partial charge in [0.25, 0.3) is 0 Å². The number of aliphatic hydroxyl groups excluding tert-OH is 1. The molecule has 0 heterocycles. The SMILES string of the molecule is CCCCCCCCCCCCCCCC(=O)OC[C@H](COP(=O)(O)OC[C@@H](O)COP(=O)(O)OC[C@@H](COC(=O)CCCCCCCCCCC(C)C)OC(=O)CCCCCCCCCCCCCC)OC(=O)CCCCCCCCCCCCCC(C)C. The molecule has 0 rings (SSSR count). The van der Waals surface area contributed by atoms with E-state index in [9.17, 15) is 43.2 Å². The van der Waals surface area contributed by atoms with E-state index in [1.807, 2.05) is 0 Å². The molecule has 0 saturated carbocycles. The monoisotopic (exact) mass is 1320 g/mol. The van der Waals surface area contributed by atoms with Gasteiger partial charge in [-0.05, 0) is 37.5 Å². The van der Waals surface area contributed by atoms with Crippen LogP contribution in [0.4, 0.5) is 0 Å². The zero-order valence-corrected chi connectivity index (χ0v) is 60.2. The second-order valence-electron chi connectivity index (χ2n) is 26.6. The molecule has 0 aliphatic rings. The lowest BCUT2D eigenvalue weighted by Crippen LogP contribution is -2.30. The van der Waals surface area contributed by atoms with Gasteiger partial charge in [0.05, 0.1) is 26.4 Å². The first-order valence-electron chi connectivity index (χ1n) is 37.0. The molecule has 2 unspecified atom stereocenters. The summed E-state index contributed by atoms with van der Waals surface area (Å²) >= 11 is 0. The molecule has 0 spiro atoms. The van der Waals surface area contributed by atoms with Crippen molar-refractivity contribution in [1.29, 1.82) is 0 Å². The summed E-state index contributed by atoms with van der Waals surface area (Å²) in [7, 11) is -9.90. The molecule has 3 N–H and O–H groups in total. The summed E-state index contributed by atoms with van der Waals surface area (Å²) < 4.78 is 68.3. The maximum Gasteiger partial charge on any atom is 0.472 e. The molecule has 0 aliphatic carbocycles. The van der Waals surface area contributed by atoms with Gasteiger partial charge in [-0.15, -0.1) is 0 Å². The van der Waals surface area contributed by atoms with E-state index < -0.39 is 97.5 Å². The average Bonchev–Trinajstić information content (AvgIpc) is 3.65. The minimum absolute atomic E-state index is 0.107. The third-order valence-corrected chi connectivity index (χ3v) is 18.4. The van der Waals surface area contributed by atoms with Crippen LogP contribution in [-0.4, -0.2) is 96.7 Å². The highest BCUT2D eigenvalue weighted by Gasteiger charge is 2.30. The second kappa shape index (κ2) is 63.1. The molecule has 0 aromatic heterocycles. The molecule has 0 saturated heterocycles. The topological polar surface area (TPSA) is 237 Å². The van der Waals surface area contributed by atoms with E-state index in [0.717, 1.165) is 102 Å². The Morgan fingerprint density at radius 3 is 0.756 bits per heavy atom. The van der Waals surface area contributed by atoms with Gasteiger partial charge < -0.3 is 33.8 Å². The van der Waals surface area contributed by atoms with Crippen LogP contribution in [0.1, 0.15) is 363 Å². The summed E-state index contributed by atoms with van der Waals surface area (Å²) in [6.45, 7) is 9.53. The number of esters is 4. The van der Waals surface area contributed by atoms with E-state index in [2.05, 4.69) is 41.5 Å². The Morgan fingerprint density at radius 2 is 0.511 bits per heavy atom. The van der Waals surface area contributed by atoms with Crippen LogP contribution in [-0.2, 0) is 65.4 Å². The lowest BCUT2D eigenvalue weighted by atomic mass is 10.0. The Balaban J connectivity index is 5.26. The molecular weight excluding hydrogens is 1190 g/mol. The molecule has 5 atom stereocenters. The molecule has 0 aliphatic heterocycles. The molecule has 0 aromatic carbocycles. The van der Waals surface area contributed by atoms with Crippen molar-refractivity contribution >= 4 is 39.5 Å². The van der Waals surface area contributed by atoms with Gasteiger partial charge in [-0.1, -0.05) is 311 Å². The first-order chi connectivity index (χ1) is 43.4. The highest BCUT2D eigenvalue weighted by atomic mass is 31.2. The van der Waals surface area contributed by atoms with E-state index in [1.54, 1.807) is 0 Å². The molecular formula is C71H138O17P2. The summed E-state index contributed by atoms with van der Waals surface area (Å²) in [4.78, 5) is 72.6. The number of unbranched alkanes of at least 4 members (excludes halogenated alkanes) is 40. The van der Waals surface area contributed by atoms with Gasteiger partial charge in [0.1, 0.15) is 19.3 Å². The van der Waals surface area contributed by atoms with Crippen molar-refractivity contribution in [2.45, 2.75) is 381 Å². The number of ether oxygens (including phenoxy) is 4. The van der Waals surface area contributed by atoms with Crippen molar-refractivity contribution < 1.29 is 80.2 Å². The van der Waals surface area contributed by atoms with Crippen molar-refractivity contribution in [2.24, 2.45) is 11.8 Å². The number of carbonyl (C=O) groups excluding carboxylic acids is 4. The van der Waals surface area contributed by atoms with Gasteiger partial charge in [0.2, 0.25) is 0 Å². The summed E-state index contributed by atoms with van der Waals surface area (Å²) in [5.41, 5.74) is 0. The Kier molecular flexibility index (Phi) is 61.8. The zero-order valence-electron chi connectivity index (χ0n) is 58.4. The fraction of sp³-hybridized carbons (Fsp3) is 0.944. The highest BCUT2D eigenvalue weighted by Crippen LogP contribution is 2.45. The van der Waals surface area contributed by atoms with Crippen LogP contribution in [0.2, 0.25) is 0 Å². The normalized spacial score (nSPS) is 14.1. The number of hydrogen-bond acceptors (Lipinski definition) is 15. The van der Waals surface area contributed by atoms with Crippen molar-refractivity contribution in [3.05, 3.63) is 0 Å². The number of carbonyl (C=O) groups is 4. The summed E-state index contributed by atoms with van der Waals surface area (Å²) in [5, 5.41) is 10.6. The quantitative estimate of drug-likeness (QED) is 0.0222. The second-order valence-corrected chi connectivity index (χ2v) is 29.5.